The normalized spacial score (nSPS) is 9.92. The van der Waals surface area contributed by atoms with Gasteiger partial charge in [-0.05, 0) is 25.0 Å². The highest BCUT2D eigenvalue weighted by Gasteiger charge is 2.10. The Morgan fingerprint density at radius 1 is 1.50 bits per heavy atom. The fraction of sp³-hybridized carbons (Fsp3) is 0.300. The second-order valence-corrected chi connectivity index (χ2v) is 2.68. The van der Waals surface area contributed by atoms with Crippen LogP contribution in [0, 0.1) is 5.82 Å². The molecule has 12 heavy (non-hydrogen) atoms. The lowest BCUT2D eigenvalue weighted by molar-refractivity contribution is 0.101. The highest BCUT2D eigenvalue weighted by molar-refractivity contribution is 5.95. The molecule has 1 rings (SSSR count). The molecule has 0 aliphatic rings. The highest BCUT2D eigenvalue weighted by atomic mass is 19.1. The molecule has 0 atom stereocenters. The first kappa shape index (κ1) is 8.91. The molecular formula is C10H11FO. The van der Waals surface area contributed by atoms with Crippen LogP contribution >= 0.6 is 0 Å². The number of Topliss-reactive ketones (excluding diaryl/α,β-unsaturated/α-hetero) is 1. The van der Waals surface area contributed by atoms with Crippen molar-refractivity contribution >= 4 is 5.78 Å². The van der Waals surface area contributed by atoms with E-state index >= 15 is 0 Å². The lowest BCUT2D eigenvalue weighted by Gasteiger charge is -2.04. The van der Waals surface area contributed by atoms with E-state index in [0.717, 1.165) is 5.56 Å². The summed E-state index contributed by atoms with van der Waals surface area (Å²) in [4.78, 5) is 11.0. The van der Waals surface area contributed by atoms with Gasteiger partial charge in [0.1, 0.15) is 5.82 Å². The zero-order chi connectivity index (χ0) is 9.14. The molecule has 2 heteroatoms. The second-order valence-electron chi connectivity index (χ2n) is 2.68. The Hall–Kier alpha value is -1.18. The lowest BCUT2D eigenvalue weighted by atomic mass is 10.0. The van der Waals surface area contributed by atoms with E-state index in [4.69, 9.17) is 0 Å². The molecule has 1 aromatic rings. The number of benzene rings is 1. The van der Waals surface area contributed by atoms with Crippen LogP contribution in [0.15, 0.2) is 18.2 Å². The summed E-state index contributed by atoms with van der Waals surface area (Å²) in [6.07, 6.45) is 0.687. The Balaban J connectivity index is 3.29. The summed E-state index contributed by atoms with van der Waals surface area (Å²) in [5.41, 5.74) is 1.02. The van der Waals surface area contributed by atoms with Gasteiger partial charge in [0, 0.05) is 0 Å². The molecular weight excluding hydrogens is 155 g/mol. The highest BCUT2D eigenvalue weighted by Crippen LogP contribution is 2.14. The fourth-order valence-electron chi connectivity index (χ4n) is 1.26. The van der Waals surface area contributed by atoms with Crippen molar-refractivity contribution < 1.29 is 9.18 Å². The number of hydrogen-bond acceptors (Lipinski definition) is 1. The summed E-state index contributed by atoms with van der Waals surface area (Å²) >= 11 is 0. The summed E-state index contributed by atoms with van der Waals surface area (Å²) in [7, 11) is 0. The fourth-order valence-corrected chi connectivity index (χ4v) is 1.26. The largest absolute Gasteiger partial charge is 0.294 e. The quantitative estimate of drug-likeness (QED) is 0.617. The third-order valence-corrected chi connectivity index (χ3v) is 1.83. The smallest absolute Gasteiger partial charge is 0.163 e. The maximum atomic E-state index is 13.1. The number of rotatable bonds is 2. The van der Waals surface area contributed by atoms with Gasteiger partial charge in [-0.1, -0.05) is 19.1 Å². The number of hydrogen-bond donors (Lipinski definition) is 0. The molecule has 0 fully saturated rings. The molecule has 1 aromatic carbocycles. The zero-order valence-electron chi connectivity index (χ0n) is 7.23. The Kier molecular flexibility index (Phi) is 2.58. The molecule has 0 heterocycles. The number of carbonyl (C=O) groups excluding carboxylic acids is 1. The molecule has 64 valence electrons. The van der Waals surface area contributed by atoms with E-state index in [1.54, 1.807) is 12.1 Å². The summed E-state index contributed by atoms with van der Waals surface area (Å²) in [6.45, 7) is 3.29. The van der Waals surface area contributed by atoms with Gasteiger partial charge in [0.2, 0.25) is 0 Å². The summed E-state index contributed by atoms with van der Waals surface area (Å²) in [5.74, 6) is -0.619. The number of aryl methyl sites for hydroxylation is 1. The maximum absolute atomic E-state index is 13.1. The van der Waals surface area contributed by atoms with Crippen molar-refractivity contribution in [2.24, 2.45) is 0 Å². The zero-order valence-corrected chi connectivity index (χ0v) is 7.23. The molecule has 0 unspecified atom stereocenters. The van der Waals surface area contributed by atoms with E-state index in [0.29, 0.717) is 6.42 Å². The van der Waals surface area contributed by atoms with E-state index in [1.165, 1.54) is 13.0 Å². The van der Waals surface area contributed by atoms with Gasteiger partial charge in [-0.15, -0.1) is 0 Å². The van der Waals surface area contributed by atoms with Crippen LogP contribution in [0.3, 0.4) is 0 Å². The van der Waals surface area contributed by atoms with Crippen molar-refractivity contribution in [3.05, 3.63) is 35.1 Å². The van der Waals surface area contributed by atoms with Crippen LogP contribution in [0.1, 0.15) is 29.8 Å². The molecule has 0 aliphatic heterocycles. The van der Waals surface area contributed by atoms with E-state index < -0.39 is 5.82 Å². The summed E-state index contributed by atoms with van der Waals surface area (Å²) in [5, 5.41) is 0. The minimum atomic E-state index is -0.415. The Bertz CT molecular complexity index is 305. The molecule has 0 radical (unpaired) electrons. The van der Waals surface area contributed by atoms with E-state index in [1.807, 2.05) is 6.92 Å². The van der Waals surface area contributed by atoms with Crippen LogP contribution in [0.4, 0.5) is 4.39 Å². The van der Waals surface area contributed by atoms with Gasteiger partial charge in [0.05, 0.1) is 5.56 Å². The standard InChI is InChI=1S/C10H11FO/c1-3-8-5-4-6-9(11)10(8)7(2)12/h4-6H,3H2,1-2H3. The van der Waals surface area contributed by atoms with Crippen LogP contribution in [0.5, 0.6) is 0 Å². The monoisotopic (exact) mass is 166 g/mol. The first-order valence-electron chi connectivity index (χ1n) is 3.95. The first-order valence-corrected chi connectivity index (χ1v) is 3.95. The van der Waals surface area contributed by atoms with E-state index in [2.05, 4.69) is 0 Å². The van der Waals surface area contributed by atoms with Gasteiger partial charge in [-0.25, -0.2) is 4.39 Å². The molecule has 0 aliphatic carbocycles. The van der Waals surface area contributed by atoms with Crippen molar-refractivity contribution in [3.8, 4) is 0 Å². The van der Waals surface area contributed by atoms with Crippen molar-refractivity contribution in [2.75, 3.05) is 0 Å². The molecule has 0 spiro atoms. The topological polar surface area (TPSA) is 17.1 Å². The van der Waals surface area contributed by atoms with Crippen LogP contribution < -0.4 is 0 Å². The van der Waals surface area contributed by atoms with Crippen LogP contribution in [0.25, 0.3) is 0 Å². The van der Waals surface area contributed by atoms with Gasteiger partial charge in [-0.3, -0.25) is 4.79 Å². The van der Waals surface area contributed by atoms with Crippen molar-refractivity contribution in [1.29, 1.82) is 0 Å². The number of halogens is 1. The molecule has 0 saturated carbocycles. The molecule has 0 amide bonds. The summed E-state index contributed by atoms with van der Waals surface area (Å²) < 4.78 is 13.1. The Morgan fingerprint density at radius 2 is 2.17 bits per heavy atom. The minimum absolute atomic E-state index is 0.204. The van der Waals surface area contributed by atoms with Gasteiger partial charge in [-0.2, -0.15) is 0 Å². The van der Waals surface area contributed by atoms with Gasteiger partial charge < -0.3 is 0 Å². The van der Waals surface area contributed by atoms with E-state index in [-0.39, 0.29) is 11.3 Å². The predicted molar refractivity (Wildman–Crippen MR) is 45.8 cm³/mol. The molecule has 1 nitrogen and oxygen atoms in total. The molecule has 0 N–H and O–H groups in total. The van der Waals surface area contributed by atoms with Gasteiger partial charge >= 0.3 is 0 Å². The SMILES string of the molecule is CCc1cccc(F)c1C(C)=O. The average molecular weight is 166 g/mol. The minimum Gasteiger partial charge on any atom is -0.294 e. The Labute approximate surface area is 71.2 Å². The number of ketones is 1. The predicted octanol–water partition coefficient (Wildman–Crippen LogP) is 2.59. The lowest BCUT2D eigenvalue weighted by Crippen LogP contribution is -2.02. The van der Waals surface area contributed by atoms with E-state index in [9.17, 15) is 9.18 Å². The summed E-state index contributed by atoms with van der Waals surface area (Å²) in [6, 6.07) is 4.72. The third kappa shape index (κ3) is 1.52. The van der Waals surface area contributed by atoms with Crippen LogP contribution in [0.2, 0.25) is 0 Å². The third-order valence-electron chi connectivity index (χ3n) is 1.83. The first-order chi connectivity index (χ1) is 5.66. The van der Waals surface area contributed by atoms with Crippen molar-refractivity contribution in [2.45, 2.75) is 20.3 Å². The average Bonchev–Trinajstić information content (AvgIpc) is 2.03. The van der Waals surface area contributed by atoms with Gasteiger partial charge in [0.15, 0.2) is 5.78 Å². The molecule has 0 bridgehead atoms. The molecule has 0 saturated heterocycles. The van der Waals surface area contributed by atoms with Crippen LogP contribution in [-0.2, 0) is 6.42 Å². The van der Waals surface area contributed by atoms with Gasteiger partial charge in [0.25, 0.3) is 0 Å². The van der Waals surface area contributed by atoms with Crippen LogP contribution in [-0.4, -0.2) is 5.78 Å². The molecule has 0 aromatic heterocycles. The Morgan fingerprint density at radius 3 is 2.58 bits per heavy atom. The van der Waals surface area contributed by atoms with Crippen molar-refractivity contribution in [1.82, 2.24) is 0 Å². The second kappa shape index (κ2) is 3.48. The van der Waals surface area contributed by atoms with Crippen molar-refractivity contribution in [3.63, 3.8) is 0 Å². The maximum Gasteiger partial charge on any atom is 0.163 e. The number of carbonyl (C=O) groups is 1.